The number of rotatable bonds is 3. The second-order valence-electron chi connectivity index (χ2n) is 3.40. The molecule has 84 valence electrons. The van der Waals surface area contributed by atoms with Crippen LogP contribution >= 0.6 is 23.2 Å². The minimum Gasteiger partial charge on any atom is -0.329 e. The standard InChI is InChI=1S/C11H11Cl2N3/c12-9-1-2-10(11(13)5-9)8-6-15-16(7-8)4-3-14/h1-2,5-7H,3-4,14H2. The second-order valence-corrected chi connectivity index (χ2v) is 4.25. The van der Waals surface area contributed by atoms with Crippen molar-refractivity contribution in [3.8, 4) is 11.1 Å². The van der Waals surface area contributed by atoms with Crippen LogP contribution in [0, 0.1) is 0 Å². The number of halogens is 2. The predicted molar refractivity (Wildman–Crippen MR) is 66.7 cm³/mol. The zero-order valence-electron chi connectivity index (χ0n) is 8.53. The smallest absolute Gasteiger partial charge is 0.0568 e. The maximum atomic E-state index is 6.10. The Labute approximate surface area is 104 Å². The first kappa shape index (κ1) is 11.5. The Hall–Kier alpha value is -1.03. The highest BCUT2D eigenvalue weighted by Gasteiger charge is 2.06. The van der Waals surface area contributed by atoms with Crippen LogP contribution < -0.4 is 5.73 Å². The van der Waals surface area contributed by atoms with Crippen molar-refractivity contribution >= 4 is 23.2 Å². The molecule has 0 radical (unpaired) electrons. The molecule has 16 heavy (non-hydrogen) atoms. The molecule has 0 bridgehead atoms. The highest BCUT2D eigenvalue weighted by Crippen LogP contribution is 2.29. The summed E-state index contributed by atoms with van der Waals surface area (Å²) in [6.07, 6.45) is 3.69. The first-order chi connectivity index (χ1) is 7.70. The lowest BCUT2D eigenvalue weighted by molar-refractivity contribution is 0.625. The minimum absolute atomic E-state index is 0.565. The number of hydrogen-bond donors (Lipinski definition) is 1. The summed E-state index contributed by atoms with van der Waals surface area (Å²) in [6.45, 7) is 1.26. The van der Waals surface area contributed by atoms with Crippen LogP contribution in [-0.2, 0) is 6.54 Å². The summed E-state index contributed by atoms with van der Waals surface area (Å²) >= 11 is 11.9. The molecule has 0 fully saturated rings. The third-order valence-corrected chi connectivity index (χ3v) is 2.78. The molecule has 0 atom stereocenters. The van der Waals surface area contributed by atoms with Gasteiger partial charge in [0.2, 0.25) is 0 Å². The molecule has 0 aliphatic rings. The maximum absolute atomic E-state index is 6.10. The molecular formula is C11H11Cl2N3. The molecule has 1 aromatic carbocycles. The van der Waals surface area contributed by atoms with Gasteiger partial charge in [-0.15, -0.1) is 0 Å². The van der Waals surface area contributed by atoms with E-state index in [1.807, 2.05) is 18.3 Å². The van der Waals surface area contributed by atoms with Gasteiger partial charge in [0, 0.05) is 33.9 Å². The van der Waals surface area contributed by atoms with Crippen molar-refractivity contribution < 1.29 is 0 Å². The monoisotopic (exact) mass is 255 g/mol. The molecule has 0 spiro atoms. The summed E-state index contributed by atoms with van der Waals surface area (Å²) in [7, 11) is 0. The molecule has 0 amide bonds. The molecule has 0 aliphatic heterocycles. The van der Waals surface area contributed by atoms with E-state index in [2.05, 4.69) is 5.10 Å². The van der Waals surface area contributed by atoms with Crippen LogP contribution in [-0.4, -0.2) is 16.3 Å². The Bertz CT molecular complexity index is 494. The molecule has 2 N–H and O–H groups in total. The zero-order valence-corrected chi connectivity index (χ0v) is 10.0. The van der Waals surface area contributed by atoms with Gasteiger partial charge in [-0.3, -0.25) is 4.68 Å². The molecule has 1 heterocycles. The SMILES string of the molecule is NCCn1cc(-c2ccc(Cl)cc2Cl)cn1. The van der Waals surface area contributed by atoms with Gasteiger partial charge in [-0.05, 0) is 12.1 Å². The Morgan fingerprint density at radius 2 is 2.12 bits per heavy atom. The first-order valence-electron chi connectivity index (χ1n) is 4.88. The number of nitrogens with two attached hydrogens (primary N) is 1. The lowest BCUT2D eigenvalue weighted by Gasteiger charge is -2.01. The van der Waals surface area contributed by atoms with Gasteiger partial charge in [0.15, 0.2) is 0 Å². The third-order valence-electron chi connectivity index (χ3n) is 2.23. The van der Waals surface area contributed by atoms with E-state index in [9.17, 15) is 0 Å². The topological polar surface area (TPSA) is 43.8 Å². The molecule has 0 saturated carbocycles. The van der Waals surface area contributed by atoms with Crippen LogP contribution in [0.25, 0.3) is 11.1 Å². The Balaban J connectivity index is 2.35. The Morgan fingerprint density at radius 1 is 1.31 bits per heavy atom. The van der Waals surface area contributed by atoms with Gasteiger partial charge in [-0.2, -0.15) is 5.10 Å². The molecule has 0 unspecified atom stereocenters. The molecule has 1 aromatic heterocycles. The summed E-state index contributed by atoms with van der Waals surface area (Å²) in [5.41, 5.74) is 7.35. The van der Waals surface area contributed by atoms with Crippen molar-refractivity contribution in [2.24, 2.45) is 5.73 Å². The van der Waals surface area contributed by atoms with Gasteiger partial charge in [-0.1, -0.05) is 29.3 Å². The van der Waals surface area contributed by atoms with Crippen molar-refractivity contribution in [1.29, 1.82) is 0 Å². The van der Waals surface area contributed by atoms with Gasteiger partial charge in [0.25, 0.3) is 0 Å². The van der Waals surface area contributed by atoms with Crippen molar-refractivity contribution in [3.63, 3.8) is 0 Å². The molecule has 5 heteroatoms. The summed E-state index contributed by atoms with van der Waals surface area (Å²) in [5.74, 6) is 0. The quantitative estimate of drug-likeness (QED) is 0.917. The molecular weight excluding hydrogens is 245 g/mol. The van der Waals surface area contributed by atoms with Gasteiger partial charge < -0.3 is 5.73 Å². The molecule has 2 rings (SSSR count). The van der Waals surface area contributed by atoms with Gasteiger partial charge >= 0.3 is 0 Å². The average molecular weight is 256 g/mol. The molecule has 0 aliphatic carbocycles. The van der Waals surface area contributed by atoms with E-state index in [-0.39, 0.29) is 0 Å². The van der Waals surface area contributed by atoms with Crippen molar-refractivity contribution in [2.45, 2.75) is 6.54 Å². The fourth-order valence-corrected chi connectivity index (χ4v) is 2.00. The Morgan fingerprint density at radius 3 is 2.81 bits per heavy atom. The second kappa shape index (κ2) is 4.87. The highest BCUT2D eigenvalue weighted by atomic mass is 35.5. The molecule has 3 nitrogen and oxygen atoms in total. The van der Waals surface area contributed by atoms with Gasteiger partial charge in [0.05, 0.1) is 12.7 Å². The lowest BCUT2D eigenvalue weighted by atomic mass is 10.1. The molecule has 0 saturated heterocycles. The van der Waals surface area contributed by atoms with E-state index >= 15 is 0 Å². The minimum atomic E-state index is 0.565. The summed E-state index contributed by atoms with van der Waals surface area (Å²) in [5, 5.41) is 5.44. The van der Waals surface area contributed by atoms with Crippen LogP contribution in [0.2, 0.25) is 10.0 Å². The maximum Gasteiger partial charge on any atom is 0.0568 e. The number of benzene rings is 1. The van der Waals surface area contributed by atoms with E-state index in [4.69, 9.17) is 28.9 Å². The summed E-state index contributed by atoms with van der Waals surface area (Å²) in [4.78, 5) is 0. The van der Waals surface area contributed by atoms with Gasteiger partial charge in [0.1, 0.15) is 0 Å². The number of nitrogens with zero attached hydrogens (tertiary/aromatic N) is 2. The average Bonchev–Trinajstić information content (AvgIpc) is 2.67. The van der Waals surface area contributed by atoms with Crippen molar-refractivity contribution in [1.82, 2.24) is 9.78 Å². The predicted octanol–water partition coefficient (Wildman–Crippen LogP) is 2.82. The van der Waals surface area contributed by atoms with Crippen LogP contribution in [0.15, 0.2) is 30.6 Å². The van der Waals surface area contributed by atoms with Crippen molar-refractivity contribution in [2.75, 3.05) is 6.54 Å². The molecule has 2 aromatic rings. The lowest BCUT2D eigenvalue weighted by Crippen LogP contribution is -2.09. The van der Waals surface area contributed by atoms with Crippen LogP contribution in [0.5, 0.6) is 0 Å². The summed E-state index contributed by atoms with van der Waals surface area (Å²) in [6, 6.07) is 5.41. The largest absolute Gasteiger partial charge is 0.329 e. The van der Waals surface area contributed by atoms with E-state index in [0.717, 1.165) is 11.1 Å². The van der Waals surface area contributed by atoms with Crippen LogP contribution in [0.3, 0.4) is 0 Å². The highest BCUT2D eigenvalue weighted by molar-refractivity contribution is 6.36. The number of hydrogen-bond acceptors (Lipinski definition) is 2. The number of aromatic nitrogens is 2. The van der Waals surface area contributed by atoms with E-state index in [0.29, 0.717) is 23.1 Å². The van der Waals surface area contributed by atoms with Gasteiger partial charge in [-0.25, -0.2) is 0 Å². The zero-order chi connectivity index (χ0) is 11.5. The van der Waals surface area contributed by atoms with Crippen molar-refractivity contribution in [3.05, 3.63) is 40.6 Å². The normalized spacial score (nSPS) is 10.7. The Kier molecular flexibility index (Phi) is 3.49. The van der Waals surface area contributed by atoms with Crippen LogP contribution in [0.4, 0.5) is 0 Å². The van der Waals surface area contributed by atoms with E-state index in [1.165, 1.54) is 0 Å². The van der Waals surface area contributed by atoms with Crippen LogP contribution in [0.1, 0.15) is 0 Å². The fourth-order valence-electron chi connectivity index (χ4n) is 1.48. The summed E-state index contributed by atoms with van der Waals surface area (Å²) < 4.78 is 1.79. The van der Waals surface area contributed by atoms with E-state index in [1.54, 1.807) is 16.9 Å². The first-order valence-corrected chi connectivity index (χ1v) is 5.64. The fraction of sp³-hybridized carbons (Fsp3) is 0.182. The van der Waals surface area contributed by atoms with E-state index < -0.39 is 0 Å². The third kappa shape index (κ3) is 2.38.